The van der Waals surface area contributed by atoms with Gasteiger partial charge in [-0.15, -0.1) is 0 Å². The van der Waals surface area contributed by atoms with Gasteiger partial charge in [0.25, 0.3) is 0 Å². The Morgan fingerprint density at radius 1 is 0.357 bits per heavy atom. The van der Waals surface area contributed by atoms with Crippen molar-refractivity contribution in [3.63, 3.8) is 0 Å². The third-order valence-corrected chi connectivity index (χ3v) is 15.5. The minimum atomic E-state index is -0.588. The molecule has 0 N–H and O–H groups in total. The second-order valence-electron chi connectivity index (χ2n) is 19.5. The van der Waals surface area contributed by atoms with E-state index < -0.39 is 5.41 Å². The summed E-state index contributed by atoms with van der Waals surface area (Å²) in [4.78, 5) is 2.54. The summed E-state index contributed by atoms with van der Waals surface area (Å²) in [6.45, 7) is 4.75. The molecule has 1 aromatic heterocycles. The fraction of sp³-hybridized carbons (Fsp3) is 0.0588. The minimum absolute atomic E-state index is 0.199. The summed E-state index contributed by atoms with van der Waals surface area (Å²) in [5, 5.41) is 4.54. The van der Waals surface area contributed by atoms with Gasteiger partial charge in [0.05, 0.1) is 11.1 Å². The molecule has 0 spiro atoms. The largest absolute Gasteiger partial charge is 0.455 e. The monoisotopic (exact) mass is 893 g/mol. The van der Waals surface area contributed by atoms with Gasteiger partial charge < -0.3 is 9.32 Å². The van der Waals surface area contributed by atoms with Gasteiger partial charge in [-0.05, 0) is 126 Å². The summed E-state index contributed by atoms with van der Waals surface area (Å²) in [6.07, 6.45) is 0. The van der Waals surface area contributed by atoms with E-state index in [-0.39, 0.29) is 5.41 Å². The zero-order valence-corrected chi connectivity index (χ0v) is 39.0. The molecule has 330 valence electrons. The number of fused-ring (bicyclic) bond motifs is 11. The standard InChI is InChI=1S/C68H47NO/c1-67(2)59-33-16-14-30-53(59)55-39-37-50(41-61(55)67)69(49-28-18-23-46(40-49)51-32-19-35-64-65(51)56-38-36-45-22-12-13-29-52(45)66(56)70-64)63-43-62-58(42-57(63)44-20-6-3-7-21-44)54-31-15-17-34-60(54)68(62,47-24-8-4-9-25-47)48-26-10-5-11-27-48/h3-43H,1-2H3. The van der Waals surface area contributed by atoms with Crippen molar-refractivity contribution in [2.24, 2.45) is 0 Å². The van der Waals surface area contributed by atoms with Crippen molar-refractivity contribution in [1.29, 1.82) is 0 Å². The molecule has 2 aliphatic rings. The number of hydrogen-bond acceptors (Lipinski definition) is 2. The highest BCUT2D eigenvalue weighted by molar-refractivity contribution is 6.19. The van der Waals surface area contributed by atoms with Crippen LogP contribution in [0.15, 0.2) is 253 Å². The first kappa shape index (κ1) is 40.4. The first-order valence-corrected chi connectivity index (χ1v) is 24.4. The molecule has 0 aliphatic heterocycles. The van der Waals surface area contributed by atoms with Crippen molar-refractivity contribution in [3.8, 4) is 44.5 Å². The Morgan fingerprint density at radius 3 is 1.73 bits per heavy atom. The van der Waals surface area contributed by atoms with Crippen molar-refractivity contribution in [1.82, 2.24) is 0 Å². The van der Waals surface area contributed by atoms with E-state index in [4.69, 9.17) is 4.42 Å². The SMILES string of the molecule is CC1(C)c2ccccc2-c2ccc(N(c3cccc(-c4cccc5oc6c7ccccc7ccc6c45)c3)c3cc4c(cc3-c3ccccc3)-c3ccccc3C4(c3ccccc3)c3ccccc3)cc21. The molecule has 12 aromatic rings. The van der Waals surface area contributed by atoms with Crippen LogP contribution in [0.25, 0.3) is 77.2 Å². The minimum Gasteiger partial charge on any atom is -0.455 e. The molecule has 0 saturated carbocycles. The molecule has 0 saturated heterocycles. The number of nitrogens with zero attached hydrogens (tertiary/aromatic N) is 1. The zero-order valence-electron chi connectivity index (χ0n) is 39.0. The van der Waals surface area contributed by atoms with Crippen LogP contribution < -0.4 is 4.90 Å². The van der Waals surface area contributed by atoms with Crippen LogP contribution in [0, 0.1) is 0 Å². The highest BCUT2D eigenvalue weighted by Gasteiger charge is 2.47. The first-order chi connectivity index (χ1) is 34.5. The van der Waals surface area contributed by atoms with Gasteiger partial charge >= 0.3 is 0 Å². The third kappa shape index (κ3) is 5.80. The molecule has 0 atom stereocenters. The Morgan fingerprint density at radius 2 is 0.957 bits per heavy atom. The summed E-state index contributed by atoms with van der Waals surface area (Å²) in [7, 11) is 0. The van der Waals surface area contributed by atoms with Gasteiger partial charge in [0.2, 0.25) is 0 Å². The van der Waals surface area contributed by atoms with Crippen molar-refractivity contribution >= 4 is 49.8 Å². The van der Waals surface area contributed by atoms with E-state index in [9.17, 15) is 0 Å². The molecule has 2 nitrogen and oxygen atoms in total. The van der Waals surface area contributed by atoms with Crippen LogP contribution in [0.5, 0.6) is 0 Å². The highest BCUT2D eigenvalue weighted by Crippen LogP contribution is 2.59. The molecule has 70 heavy (non-hydrogen) atoms. The van der Waals surface area contributed by atoms with Crippen LogP contribution >= 0.6 is 0 Å². The Labute approximate surface area is 408 Å². The van der Waals surface area contributed by atoms with Gasteiger partial charge in [-0.1, -0.05) is 214 Å². The number of rotatable bonds is 7. The highest BCUT2D eigenvalue weighted by atomic mass is 16.3. The molecule has 0 radical (unpaired) electrons. The number of benzene rings is 11. The maximum Gasteiger partial charge on any atom is 0.143 e. The zero-order chi connectivity index (χ0) is 46.6. The van der Waals surface area contributed by atoms with Crippen LogP contribution in [-0.4, -0.2) is 0 Å². The van der Waals surface area contributed by atoms with Crippen LogP contribution in [0.4, 0.5) is 17.1 Å². The first-order valence-electron chi connectivity index (χ1n) is 24.4. The molecule has 0 fully saturated rings. The van der Waals surface area contributed by atoms with Crippen LogP contribution in [0.1, 0.15) is 47.2 Å². The predicted octanol–water partition coefficient (Wildman–Crippen LogP) is 18.2. The Balaban J connectivity index is 1.07. The molecule has 14 rings (SSSR count). The van der Waals surface area contributed by atoms with Gasteiger partial charge in [0, 0.05) is 38.5 Å². The summed E-state index contributed by atoms with van der Waals surface area (Å²) >= 11 is 0. The van der Waals surface area contributed by atoms with Gasteiger partial charge in [0.1, 0.15) is 11.2 Å². The molecule has 0 bridgehead atoms. The van der Waals surface area contributed by atoms with E-state index in [2.05, 4.69) is 267 Å². The smallest absolute Gasteiger partial charge is 0.143 e. The summed E-state index contributed by atoms with van der Waals surface area (Å²) < 4.78 is 6.75. The van der Waals surface area contributed by atoms with Crippen molar-refractivity contribution in [2.45, 2.75) is 24.7 Å². The normalized spacial score (nSPS) is 13.8. The second kappa shape index (κ2) is 15.4. The van der Waals surface area contributed by atoms with E-state index >= 15 is 0 Å². The van der Waals surface area contributed by atoms with E-state index in [0.29, 0.717) is 0 Å². The molecule has 11 aromatic carbocycles. The molecule has 0 amide bonds. The van der Waals surface area contributed by atoms with E-state index in [1.807, 2.05) is 0 Å². The quantitative estimate of drug-likeness (QED) is 0.158. The lowest BCUT2D eigenvalue weighted by molar-refractivity contribution is 0.660. The summed E-state index contributed by atoms with van der Waals surface area (Å²) in [5.41, 5.74) is 21.7. The van der Waals surface area contributed by atoms with E-state index in [0.717, 1.165) is 66.6 Å². The summed E-state index contributed by atoms with van der Waals surface area (Å²) in [6, 6.07) is 92.0. The molecular weight excluding hydrogens is 847 g/mol. The fourth-order valence-electron chi connectivity index (χ4n) is 12.4. The van der Waals surface area contributed by atoms with E-state index in [1.54, 1.807) is 0 Å². The van der Waals surface area contributed by atoms with Crippen LogP contribution in [0.2, 0.25) is 0 Å². The van der Waals surface area contributed by atoms with Crippen LogP contribution in [0.3, 0.4) is 0 Å². The van der Waals surface area contributed by atoms with Gasteiger partial charge in [-0.25, -0.2) is 0 Å². The van der Waals surface area contributed by atoms with E-state index in [1.165, 1.54) is 61.0 Å². The molecular formula is C68H47NO. The Hall–Kier alpha value is -8.72. The topological polar surface area (TPSA) is 16.4 Å². The average molecular weight is 894 g/mol. The number of hydrogen-bond donors (Lipinski definition) is 0. The van der Waals surface area contributed by atoms with Crippen molar-refractivity contribution < 1.29 is 4.42 Å². The molecule has 0 unspecified atom stereocenters. The lowest BCUT2D eigenvalue weighted by Crippen LogP contribution is -2.28. The molecule has 2 aliphatic carbocycles. The molecule has 1 heterocycles. The third-order valence-electron chi connectivity index (χ3n) is 15.5. The van der Waals surface area contributed by atoms with Crippen molar-refractivity contribution in [2.75, 3.05) is 4.90 Å². The van der Waals surface area contributed by atoms with Gasteiger partial charge in [-0.2, -0.15) is 0 Å². The number of anilines is 3. The lowest BCUT2D eigenvalue weighted by atomic mass is 9.67. The lowest BCUT2D eigenvalue weighted by Gasteiger charge is -2.36. The molecule has 2 heteroatoms. The predicted molar refractivity (Wildman–Crippen MR) is 292 cm³/mol. The van der Waals surface area contributed by atoms with Gasteiger partial charge in [-0.3, -0.25) is 0 Å². The maximum absolute atomic E-state index is 6.75. The second-order valence-corrected chi connectivity index (χ2v) is 19.5. The van der Waals surface area contributed by atoms with Crippen molar-refractivity contribution in [3.05, 3.63) is 282 Å². The fourth-order valence-corrected chi connectivity index (χ4v) is 12.4. The number of furan rings is 1. The van der Waals surface area contributed by atoms with Crippen LogP contribution in [-0.2, 0) is 10.8 Å². The summed E-state index contributed by atoms with van der Waals surface area (Å²) in [5.74, 6) is 0. The van der Waals surface area contributed by atoms with Gasteiger partial charge in [0.15, 0.2) is 0 Å². The Bertz CT molecular complexity index is 3990. The average Bonchev–Trinajstić information content (AvgIpc) is 4.03. The Kier molecular flexibility index (Phi) is 8.88. The maximum atomic E-state index is 6.75.